The van der Waals surface area contributed by atoms with Crippen molar-refractivity contribution in [2.24, 2.45) is 0 Å². The lowest BCUT2D eigenvalue weighted by molar-refractivity contribution is 0.111. The normalized spacial score (nSPS) is 15.7. The number of carbonyl (C=O) groups is 1. The van der Waals surface area contributed by atoms with Gasteiger partial charge in [-0.05, 0) is 35.7 Å². The molecule has 1 unspecified atom stereocenters. The third-order valence-corrected chi connectivity index (χ3v) is 5.79. The van der Waals surface area contributed by atoms with Crippen LogP contribution in [0.25, 0.3) is 0 Å². The summed E-state index contributed by atoms with van der Waals surface area (Å²) in [6.45, 7) is 4.00. The van der Waals surface area contributed by atoms with Gasteiger partial charge in [0, 0.05) is 57.5 Å². The van der Waals surface area contributed by atoms with Crippen LogP contribution in [0.5, 0.6) is 5.75 Å². The second-order valence-corrected chi connectivity index (χ2v) is 7.77. The largest absolute Gasteiger partial charge is 0.415 e. The lowest BCUT2D eigenvalue weighted by Gasteiger charge is -2.34. The zero-order valence-corrected chi connectivity index (χ0v) is 17.5. The Labute approximate surface area is 181 Å². The number of ether oxygens (including phenoxy) is 1. The van der Waals surface area contributed by atoms with Crippen molar-refractivity contribution in [1.82, 2.24) is 24.8 Å². The Bertz CT molecular complexity index is 926. The minimum atomic E-state index is -0.303. The molecule has 3 heterocycles. The average Bonchev–Trinajstić information content (AvgIpc) is 3.34. The first kappa shape index (κ1) is 20.4. The summed E-state index contributed by atoms with van der Waals surface area (Å²) in [5, 5.41) is -0.149. The SMILES string of the molecule is O=C(Oc1ccc(C(S)c2ncc[nH]2)cc1)N1CCN(CCc2cccnc2)CC1. The molecule has 1 aliphatic heterocycles. The molecular weight excluding hydrogens is 398 g/mol. The van der Waals surface area contributed by atoms with Gasteiger partial charge >= 0.3 is 6.09 Å². The first-order valence-electron chi connectivity index (χ1n) is 10.0. The van der Waals surface area contributed by atoms with E-state index in [9.17, 15) is 4.79 Å². The van der Waals surface area contributed by atoms with E-state index in [1.807, 2.05) is 24.4 Å². The molecule has 0 spiro atoms. The maximum atomic E-state index is 12.5. The molecule has 2 aromatic heterocycles. The fourth-order valence-corrected chi connectivity index (χ4v) is 3.77. The summed E-state index contributed by atoms with van der Waals surface area (Å²) in [7, 11) is 0. The van der Waals surface area contributed by atoms with Crippen LogP contribution in [-0.2, 0) is 6.42 Å². The van der Waals surface area contributed by atoms with Crippen molar-refractivity contribution in [2.45, 2.75) is 11.7 Å². The topological polar surface area (TPSA) is 74.3 Å². The van der Waals surface area contributed by atoms with E-state index < -0.39 is 0 Å². The summed E-state index contributed by atoms with van der Waals surface area (Å²) in [6, 6.07) is 11.4. The molecular formula is C22H25N5O2S. The van der Waals surface area contributed by atoms with Crippen LogP contribution in [-0.4, -0.2) is 63.6 Å². The maximum Gasteiger partial charge on any atom is 0.415 e. The molecule has 0 aliphatic carbocycles. The molecule has 7 nitrogen and oxygen atoms in total. The smallest absolute Gasteiger partial charge is 0.410 e. The van der Waals surface area contributed by atoms with Crippen LogP contribution in [0.3, 0.4) is 0 Å². The number of benzene rings is 1. The molecule has 30 heavy (non-hydrogen) atoms. The molecule has 1 N–H and O–H groups in total. The number of imidazole rings is 1. The number of H-pyrrole nitrogens is 1. The van der Waals surface area contributed by atoms with Crippen LogP contribution in [0.2, 0.25) is 0 Å². The Hall–Kier alpha value is -2.84. The van der Waals surface area contributed by atoms with Crippen LogP contribution in [0.15, 0.2) is 61.2 Å². The molecule has 1 atom stereocenters. The van der Waals surface area contributed by atoms with Crippen LogP contribution < -0.4 is 4.74 Å². The van der Waals surface area contributed by atoms with E-state index in [-0.39, 0.29) is 11.3 Å². The van der Waals surface area contributed by atoms with Gasteiger partial charge in [0.1, 0.15) is 11.6 Å². The molecule has 0 saturated carbocycles. The quantitative estimate of drug-likeness (QED) is 0.596. The lowest BCUT2D eigenvalue weighted by atomic mass is 10.1. The Kier molecular flexibility index (Phi) is 6.66. The summed E-state index contributed by atoms with van der Waals surface area (Å²) < 4.78 is 5.56. The number of hydrogen-bond donors (Lipinski definition) is 2. The summed E-state index contributed by atoms with van der Waals surface area (Å²) in [5.74, 6) is 1.31. The Balaban J connectivity index is 1.23. The van der Waals surface area contributed by atoms with E-state index in [0.29, 0.717) is 18.8 Å². The number of nitrogens with one attached hydrogen (secondary N) is 1. The predicted octanol–water partition coefficient (Wildman–Crippen LogP) is 3.18. The van der Waals surface area contributed by atoms with Gasteiger partial charge in [-0.25, -0.2) is 9.78 Å². The number of piperazine rings is 1. The van der Waals surface area contributed by atoms with Gasteiger partial charge in [-0.1, -0.05) is 18.2 Å². The molecule has 3 aromatic rings. The van der Waals surface area contributed by atoms with E-state index in [2.05, 4.69) is 38.5 Å². The number of thiol groups is 1. The minimum absolute atomic E-state index is 0.149. The highest BCUT2D eigenvalue weighted by Crippen LogP contribution is 2.27. The van der Waals surface area contributed by atoms with Gasteiger partial charge < -0.3 is 14.6 Å². The van der Waals surface area contributed by atoms with Gasteiger partial charge in [0.25, 0.3) is 0 Å². The molecule has 1 amide bonds. The fraction of sp³-hybridized carbons (Fsp3) is 0.318. The van der Waals surface area contributed by atoms with Crippen LogP contribution in [0.4, 0.5) is 4.79 Å². The number of carbonyl (C=O) groups excluding carboxylic acids is 1. The zero-order valence-electron chi connectivity index (χ0n) is 16.6. The highest BCUT2D eigenvalue weighted by molar-refractivity contribution is 7.80. The molecule has 156 valence electrons. The Morgan fingerprint density at radius 1 is 1.13 bits per heavy atom. The van der Waals surface area contributed by atoms with E-state index in [1.165, 1.54) is 5.56 Å². The van der Waals surface area contributed by atoms with Crippen LogP contribution in [0, 0.1) is 0 Å². The summed E-state index contributed by atoms with van der Waals surface area (Å²) >= 11 is 4.59. The number of aromatic nitrogens is 3. The monoisotopic (exact) mass is 423 g/mol. The average molecular weight is 424 g/mol. The van der Waals surface area contributed by atoms with Crippen molar-refractivity contribution < 1.29 is 9.53 Å². The summed E-state index contributed by atoms with van der Waals surface area (Å²) in [6.07, 6.45) is 7.83. The van der Waals surface area contributed by atoms with Gasteiger partial charge in [0.2, 0.25) is 0 Å². The molecule has 0 radical (unpaired) electrons. The van der Waals surface area contributed by atoms with Crippen LogP contribution >= 0.6 is 12.6 Å². The van der Waals surface area contributed by atoms with Crippen molar-refractivity contribution in [1.29, 1.82) is 0 Å². The first-order valence-corrected chi connectivity index (χ1v) is 10.6. The van der Waals surface area contributed by atoms with Gasteiger partial charge in [-0.15, -0.1) is 0 Å². The van der Waals surface area contributed by atoms with E-state index in [0.717, 1.165) is 37.4 Å². The van der Waals surface area contributed by atoms with Crippen molar-refractivity contribution in [3.05, 3.63) is 78.1 Å². The molecule has 0 bridgehead atoms. The number of pyridine rings is 1. The third-order valence-electron chi connectivity index (χ3n) is 5.25. The summed E-state index contributed by atoms with van der Waals surface area (Å²) in [5.41, 5.74) is 2.22. The Morgan fingerprint density at radius 2 is 1.93 bits per heavy atom. The van der Waals surface area contributed by atoms with Crippen molar-refractivity contribution in [3.8, 4) is 5.75 Å². The number of hydrogen-bond acceptors (Lipinski definition) is 6. The highest BCUT2D eigenvalue weighted by Gasteiger charge is 2.22. The van der Waals surface area contributed by atoms with E-state index in [1.54, 1.807) is 35.6 Å². The van der Waals surface area contributed by atoms with E-state index >= 15 is 0 Å². The fourth-order valence-electron chi connectivity index (χ4n) is 3.46. The maximum absolute atomic E-state index is 12.5. The molecule has 1 aromatic carbocycles. The number of amides is 1. The second kappa shape index (κ2) is 9.77. The van der Waals surface area contributed by atoms with Gasteiger partial charge in [0.05, 0.1) is 5.25 Å². The Morgan fingerprint density at radius 3 is 2.60 bits per heavy atom. The second-order valence-electron chi connectivity index (χ2n) is 7.25. The van der Waals surface area contributed by atoms with Crippen LogP contribution in [0.1, 0.15) is 22.2 Å². The molecule has 8 heteroatoms. The number of nitrogens with zero attached hydrogens (tertiary/aromatic N) is 4. The van der Waals surface area contributed by atoms with Gasteiger partial charge in [0.15, 0.2) is 0 Å². The first-order chi connectivity index (χ1) is 14.7. The standard InChI is InChI=1S/C22H25N5O2S/c28-22(27-14-12-26(13-15-27)11-7-17-2-1-8-23-16-17)29-19-5-3-18(4-6-19)20(30)21-24-9-10-25-21/h1-6,8-10,16,20,30H,7,11-15H2,(H,24,25). The third kappa shape index (κ3) is 5.20. The minimum Gasteiger partial charge on any atom is -0.410 e. The van der Waals surface area contributed by atoms with E-state index in [4.69, 9.17) is 4.74 Å². The predicted molar refractivity (Wildman–Crippen MR) is 118 cm³/mol. The lowest BCUT2D eigenvalue weighted by Crippen LogP contribution is -2.49. The van der Waals surface area contributed by atoms with Gasteiger partial charge in [-0.2, -0.15) is 12.6 Å². The summed E-state index contributed by atoms with van der Waals surface area (Å²) in [4.78, 5) is 28.1. The van der Waals surface area contributed by atoms with Crippen molar-refractivity contribution >= 4 is 18.7 Å². The van der Waals surface area contributed by atoms with Crippen molar-refractivity contribution in [2.75, 3.05) is 32.7 Å². The molecule has 1 aliphatic rings. The number of aromatic amines is 1. The zero-order chi connectivity index (χ0) is 20.8. The molecule has 1 saturated heterocycles. The van der Waals surface area contributed by atoms with Gasteiger partial charge in [-0.3, -0.25) is 9.88 Å². The number of rotatable bonds is 6. The van der Waals surface area contributed by atoms with Crippen molar-refractivity contribution in [3.63, 3.8) is 0 Å². The molecule has 4 rings (SSSR count). The highest BCUT2D eigenvalue weighted by atomic mass is 32.1. The molecule has 1 fully saturated rings.